The van der Waals surface area contributed by atoms with Gasteiger partial charge in [0.15, 0.2) is 0 Å². The van der Waals surface area contributed by atoms with Crippen molar-refractivity contribution in [3.63, 3.8) is 0 Å². The molecule has 0 aliphatic heterocycles. The van der Waals surface area contributed by atoms with Crippen LogP contribution in [0.15, 0.2) is 109 Å². The molecule has 3 N–H and O–H groups in total. The van der Waals surface area contributed by atoms with Gasteiger partial charge in [0, 0.05) is 11.3 Å². The maximum absolute atomic E-state index is 13.1. The molecule has 4 aromatic rings. The molecule has 1 unspecified atom stereocenters. The van der Waals surface area contributed by atoms with E-state index in [0.29, 0.717) is 17.0 Å². The van der Waals surface area contributed by atoms with E-state index >= 15 is 0 Å². The predicted octanol–water partition coefficient (Wildman–Crippen LogP) is 5.65. The molecule has 0 saturated carbocycles. The fourth-order valence-corrected chi connectivity index (χ4v) is 3.89. The Morgan fingerprint density at radius 1 is 0.722 bits per heavy atom. The smallest absolute Gasteiger partial charge is 0.255 e. The lowest BCUT2D eigenvalue weighted by atomic mass is 9.98. The zero-order chi connectivity index (χ0) is 25.3. The number of benzene rings is 4. The normalized spacial score (nSPS) is 11.4. The van der Waals surface area contributed by atoms with E-state index in [2.05, 4.69) is 16.0 Å². The lowest BCUT2D eigenvalue weighted by Gasteiger charge is -2.23. The molecule has 6 nitrogen and oxygen atoms in total. The first kappa shape index (κ1) is 24.5. The maximum atomic E-state index is 13.1. The zero-order valence-corrected chi connectivity index (χ0v) is 20.3. The first-order chi connectivity index (χ1) is 17.5. The molecule has 0 aliphatic rings. The van der Waals surface area contributed by atoms with Crippen LogP contribution in [0.5, 0.6) is 5.75 Å². The van der Waals surface area contributed by atoms with E-state index in [-0.39, 0.29) is 17.9 Å². The highest BCUT2D eigenvalue weighted by Gasteiger charge is 2.20. The number of ether oxygens (including phenoxy) is 1. The summed E-state index contributed by atoms with van der Waals surface area (Å²) in [5.74, 6) is 0.212. The molecule has 0 heterocycles. The fraction of sp³-hybridized carbons (Fsp3) is 0.133. The Morgan fingerprint density at radius 3 is 1.86 bits per heavy atom. The molecule has 0 radical (unpaired) electrons. The van der Waals surface area contributed by atoms with Gasteiger partial charge >= 0.3 is 0 Å². The van der Waals surface area contributed by atoms with Crippen LogP contribution in [0.3, 0.4) is 0 Å². The zero-order valence-electron chi connectivity index (χ0n) is 20.3. The highest BCUT2D eigenvalue weighted by molar-refractivity contribution is 6.05. The van der Waals surface area contributed by atoms with Crippen LogP contribution in [0.1, 0.15) is 34.5 Å². The van der Waals surface area contributed by atoms with Crippen LogP contribution in [-0.2, 0) is 4.79 Å². The summed E-state index contributed by atoms with van der Waals surface area (Å²) in [5.41, 5.74) is 3.85. The van der Waals surface area contributed by atoms with Gasteiger partial charge in [0.05, 0.1) is 18.8 Å². The summed E-state index contributed by atoms with van der Waals surface area (Å²) in [7, 11) is 1.56. The van der Waals surface area contributed by atoms with Crippen LogP contribution in [0, 0.1) is 0 Å². The van der Waals surface area contributed by atoms with Crippen molar-refractivity contribution in [1.82, 2.24) is 5.32 Å². The van der Waals surface area contributed by atoms with Crippen LogP contribution >= 0.6 is 0 Å². The number of carbonyl (C=O) groups is 2. The summed E-state index contributed by atoms with van der Waals surface area (Å²) in [6.07, 6.45) is 0. The van der Waals surface area contributed by atoms with Crippen LogP contribution in [0.25, 0.3) is 0 Å². The van der Waals surface area contributed by atoms with Crippen molar-refractivity contribution < 1.29 is 14.3 Å². The molecule has 0 saturated heterocycles. The number of carbonyl (C=O) groups excluding carboxylic acids is 2. The standard InChI is InChI=1S/C30H29N3O3/c1-21(29(34)33-28(22-11-5-3-6-12-22)23-13-7-4-8-14-23)31-25-19-17-24(18-20-25)30(35)32-26-15-9-10-16-27(26)36-2/h3-21,28,31H,1-2H3,(H,32,35)(H,33,34). The molecular weight excluding hydrogens is 450 g/mol. The molecule has 0 spiro atoms. The average Bonchev–Trinajstić information content (AvgIpc) is 2.93. The van der Waals surface area contributed by atoms with E-state index in [1.165, 1.54) is 0 Å². The number of anilines is 2. The highest BCUT2D eigenvalue weighted by atomic mass is 16.5. The molecule has 1 atom stereocenters. The molecule has 182 valence electrons. The Bertz CT molecular complexity index is 1250. The minimum absolute atomic E-state index is 0.134. The Morgan fingerprint density at radius 2 is 1.28 bits per heavy atom. The van der Waals surface area contributed by atoms with E-state index in [9.17, 15) is 9.59 Å². The monoisotopic (exact) mass is 479 g/mol. The predicted molar refractivity (Wildman–Crippen MR) is 143 cm³/mol. The quantitative estimate of drug-likeness (QED) is 0.290. The molecule has 0 aromatic heterocycles. The summed E-state index contributed by atoms with van der Waals surface area (Å²) in [6.45, 7) is 1.81. The molecule has 2 amide bonds. The second-order valence-corrected chi connectivity index (χ2v) is 8.36. The summed E-state index contributed by atoms with van der Waals surface area (Å²) < 4.78 is 5.29. The first-order valence-corrected chi connectivity index (χ1v) is 11.8. The number of rotatable bonds is 9. The minimum Gasteiger partial charge on any atom is -0.495 e. The van der Waals surface area contributed by atoms with Crippen LogP contribution in [-0.4, -0.2) is 25.0 Å². The molecule has 0 fully saturated rings. The second kappa shape index (κ2) is 11.7. The third-order valence-corrected chi connectivity index (χ3v) is 5.83. The van der Waals surface area contributed by atoms with Gasteiger partial charge < -0.3 is 20.7 Å². The van der Waals surface area contributed by atoms with E-state index in [1.807, 2.05) is 79.7 Å². The van der Waals surface area contributed by atoms with Gasteiger partial charge in [-0.15, -0.1) is 0 Å². The van der Waals surface area contributed by atoms with Crippen molar-refractivity contribution in [3.8, 4) is 5.75 Å². The number of hydrogen-bond acceptors (Lipinski definition) is 4. The Kier molecular flexibility index (Phi) is 7.98. The molecule has 0 bridgehead atoms. The van der Waals surface area contributed by atoms with Crippen LogP contribution in [0.4, 0.5) is 11.4 Å². The number of methoxy groups -OCH3 is 1. The third kappa shape index (κ3) is 6.10. The van der Waals surface area contributed by atoms with Gasteiger partial charge in [-0.3, -0.25) is 9.59 Å². The van der Waals surface area contributed by atoms with E-state index in [1.54, 1.807) is 43.5 Å². The summed E-state index contributed by atoms with van der Waals surface area (Å²) >= 11 is 0. The van der Waals surface area contributed by atoms with Crippen molar-refractivity contribution in [2.45, 2.75) is 19.0 Å². The van der Waals surface area contributed by atoms with Gasteiger partial charge in [0.25, 0.3) is 5.91 Å². The SMILES string of the molecule is COc1ccccc1NC(=O)c1ccc(NC(C)C(=O)NC(c2ccccc2)c2ccccc2)cc1. The van der Waals surface area contributed by atoms with Gasteiger partial charge in [-0.2, -0.15) is 0 Å². The first-order valence-electron chi connectivity index (χ1n) is 11.8. The Hall–Kier alpha value is -4.58. The van der Waals surface area contributed by atoms with E-state index in [4.69, 9.17) is 4.74 Å². The lowest BCUT2D eigenvalue weighted by Crippen LogP contribution is -2.40. The van der Waals surface area contributed by atoms with Gasteiger partial charge in [0.2, 0.25) is 5.91 Å². The maximum Gasteiger partial charge on any atom is 0.255 e. The number of para-hydroxylation sites is 2. The summed E-state index contributed by atoms with van der Waals surface area (Å²) in [4.78, 5) is 25.8. The third-order valence-electron chi connectivity index (χ3n) is 5.83. The average molecular weight is 480 g/mol. The minimum atomic E-state index is -0.492. The van der Waals surface area contributed by atoms with Crippen molar-refractivity contribution in [1.29, 1.82) is 0 Å². The highest BCUT2D eigenvalue weighted by Crippen LogP contribution is 2.24. The van der Waals surface area contributed by atoms with Gasteiger partial charge in [-0.25, -0.2) is 0 Å². The number of hydrogen-bond donors (Lipinski definition) is 3. The molecular formula is C30H29N3O3. The van der Waals surface area contributed by atoms with Gasteiger partial charge in [-0.05, 0) is 54.4 Å². The lowest BCUT2D eigenvalue weighted by molar-refractivity contribution is -0.122. The molecule has 4 rings (SSSR count). The Labute approximate surface area is 211 Å². The van der Waals surface area contributed by atoms with Crippen molar-refractivity contribution in [3.05, 3.63) is 126 Å². The van der Waals surface area contributed by atoms with E-state index in [0.717, 1.165) is 16.8 Å². The van der Waals surface area contributed by atoms with Gasteiger partial charge in [-0.1, -0.05) is 72.8 Å². The van der Waals surface area contributed by atoms with Crippen LogP contribution < -0.4 is 20.7 Å². The summed E-state index contributed by atoms with van der Waals surface area (Å²) in [6, 6.07) is 33.3. The van der Waals surface area contributed by atoms with Crippen LogP contribution in [0.2, 0.25) is 0 Å². The topological polar surface area (TPSA) is 79.5 Å². The molecule has 0 aliphatic carbocycles. The van der Waals surface area contributed by atoms with E-state index < -0.39 is 6.04 Å². The molecule has 4 aromatic carbocycles. The number of nitrogens with one attached hydrogen (secondary N) is 3. The molecule has 6 heteroatoms. The Balaban J connectivity index is 1.40. The molecule has 36 heavy (non-hydrogen) atoms. The fourth-order valence-electron chi connectivity index (χ4n) is 3.89. The second-order valence-electron chi connectivity index (χ2n) is 8.36. The number of amides is 2. The van der Waals surface area contributed by atoms with Crippen molar-refractivity contribution in [2.75, 3.05) is 17.7 Å². The van der Waals surface area contributed by atoms with Crippen molar-refractivity contribution >= 4 is 23.2 Å². The largest absolute Gasteiger partial charge is 0.495 e. The van der Waals surface area contributed by atoms with Gasteiger partial charge in [0.1, 0.15) is 11.8 Å². The summed E-state index contributed by atoms with van der Waals surface area (Å²) in [5, 5.41) is 9.24. The van der Waals surface area contributed by atoms with Crippen molar-refractivity contribution in [2.24, 2.45) is 0 Å².